The normalized spacial score (nSPS) is 20.4. The van der Waals surface area contributed by atoms with E-state index in [1.165, 1.54) is 11.3 Å². The van der Waals surface area contributed by atoms with Crippen molar-refractivity contribution in [3.63, 3.8) is 0 Å². The predicted molar refractivity (Wildman–Crippen MR) is 80.5 cm³/mol. The van der Waals surface area contributed by atoms with Crippen LogP contribution in [0.1, 0.15) is 31.6 Å². The molecule has 0 saturated carbocycles. The average molecular weight is 318 g/mol. The Hall–Kier alpha value is -0.470. The Bertz CT molecular complexity index is 519. The smallest absolute Gasteiger partial charge is 0.250 e. The minimum Gasteiger partial charge on any atom is -0.380 e. The van der Waals surface area contributed by atoms with Crippen LogP contribution in [0.2, 0.25) is 0 Å². The number of ether oxygens (including phenoxy) is 1. The molecule has 2 N–H and O–H groups in total. The van der Waals surface area contributed by atoms with Crippen LogP contribution in [0.5, 0.6) is 0 Å². The molecule has 2 rings (SSSR count). The van der Waals surface area contributed by atoms with Gasteiger partial charge in [-0.1, -0.05) is 13.8 Å². The van der Waals surface area contributed by atoms with Crippen LogP contribution < -0.4 is 10.0 Å². The number of hydrogen-bond acceptors (Lipinski definition) is 5. The van der Waals surface area contributed by atoms with Crippen LogP contribution >= 0.6 is 11.3 Å². The fourth-order valence-corrected chi connectivity index (χ4v) is 4.59. The van der Waals surface area contributed by atoms with E-state index >= 15 is 0 Å². The summed E-state index contributed by atoms with van der Waals surface area (Å²) < 4.78 is 33.0. The van der Waals surface area contributed by atoms with Gasteiger partial charge < -0.3 is 10.1 Å². The van der Waals surface area contributed by atoms with Gasteiger partial charge in [-0.2, -0.15) is 0 Å². The van der Waals surface area contributed by atoms with Crippen molar-refractivity contribution in [3.8, 4) is 0 Å². The standard InChI is InChI=1S/C13H22N2O3S2/c1-10(2)14-8-12-5-6-13(19-12)20(16,17)15-11-4-3-7-18-9-11/h5-6,10-11,14-15H,3-4,7-9H2,1-2H3. The second-order valence-corrected chi connectivity index (χ2v) is 8.40. The largest absolute Gasteiger partial charge is 0.380 e. The number of rotatable bonds is 6. The Labute approximate surface area is 124 Å². The van der Waals surface area contributed by atoms with E-state index in [-0.39, 0.29) is 6.04 Å². The van der Waals surface area contributed by atoms with Crippen LogP contribution in [0.25, 0.3) is 0 Å². The van der Waals surface area contributed by atoms with Crippen LogP contribution in [0.4, 0.5) is 0 Å². The fraction of sp³-hybridized carbons (Fsp3) is 0.692. The lowest BCUT2D eigenvalue weighted by Gasteiger charge is -2.22. The first-order chi connectivity index (χ1) is 9.47. The average Bonchev–Trinajstić information content (AvgIpc) is 2.86. The highest BCUT2D eigenvalue weighted by Crippen LogP contribution is 2.22. The maximum atomic E-state index is 12.3. The summed E-state index contributed by atoms with van der Waals surface area (Å²) in [5.41, 5.74) is 0. The van der Waals surface area contributed by atoms with E-state index < -0.39 is 10.0 Å². The Balaban J connectivity index is 1.98. The number of sulfonamides is 1. The molecule has 0 aromatic carbocycles. The van der Waals surface area contributed by atoms with Gasteiger partial charge in [-0.25, -0.2) is 13.1 Å². The van der Waals surface area contributed by atoms with Gasteiger partial charge in [0.25, 0.3) is 0 Å². The lowest BCUT2D eigenvalue weighted by Crippen LogP contribution is -2.40. The molecule has 0 radical (unpaired) electrons. The maximum absolute atomic E-state index is 12.3. The van der Waals surface area contributed by atoms with Gasteiger partial charge in [0.1, 0.15) is 4.21 Å². The first kappa shape index (κ1) is 15.9. The molecule has 1 aliphatic heterocycles. The molecular formula is C13H22N2O3S2. The van der Waals surface area contributed by atoms with E-state index in [1.54, 1.807) is 6.07 Å². The van der Waals surface area contributed by atoms with Gasteiger partial charge in [-0.05, 0) is 25.0 Å². The van der Waals surface area contributed by atoms with Crippen LogP contribution in [-0.2, 0) is 21.3 Å². The molecule has 20 heavy (non-hydrogen) atoms. The summed E-state index contributed by atoms with van der Waals surface area (Å²) in [6.07, 6.45) is 1.74. The summed E-state index contributed by atoms with van der Waals surface area (Å²) in [7, 11) is -3.42. The summed E-state index contributed by atoms with van der Waals surface area (Å²) in [4.78, 5) is 1.03. The third-order valence-electron chi connectivity index (χ3n) is 3.07. The van der Waals surface area contributed by atoms with E-state index in [4.69, 9.17) is 4.74 Å². The molecule has 0 aliphatic carbocycles. The van der Waals surface area contributed by atoms with E-state index in [9.17, 15) is 8.42 Å². The lowest BCUT2D eigenvalue weighted by atomic mass is 10.1. The highest BCUT2D eigenvalue weighted by atomic mass is 32.2. The SMILES string of the molecule is CC(C)NCc1ccc(S(=O)(=O)NC2CCCOC2)s1. The van der Waals surface area contributed by atoms with Crippen molar-refractivity contribution in [2.45, 2.75) is 49.5 Å². The van der Waals surface area contributed by atoms with Gasteiger partial charge in [0, 0.05) is 30.1 Å². The Morgan fingerprint density at radius 2 is 2.25 bits per heavy atom. The summed E-state index contributed by atoms with van der Waals surface area (Å²) in [5.74, 6) is 0. The van der Waals surface area contributed by atoms with Crippen LogP contribution in [-0.4, -0.2) is 33.7 Å². The minimum atomic E-state index is -3.42. The summed E-state index contributed by atoms with van der Waals surface area (Å²) in [5, 5.41) is 3.28. The van der Waals surface area contributed by atoms with E-state index in [1.807, 2.05) is 6.07 Å². The van der Waals surface area contributed by atoms with Gasteiger partial charge in [0.2, 0.25) is 10.0 Å². The van der Waals surface area contributed by atoms with E-state index in [2.05, 4.69) is 23.9 Å². The monoisotopic (exact) mass is 318 g/mol. The van der Waals surface area contributed by atoms with E-state index in [0.717, 1.165) is 24.3 Å². The van der Waals surface area contributed by atoms with Gasteiger partial charge in [0.05, 0.1) is 6.61 Å². The molecule has 0 amide bonds. The highest BCUT2D eigenvalue weighted by Gasteiger charge is 2.23. The molecule has 2 heterocycles. The predicted octanol–water partition coefficient (Wildman–Crippen LogP) is 1.70. The minimum absolute atomic E-state index is 0.104. The van der Waals surface area contributed by atoms with Gasteiger partial charge in [0.15, 0.2) is 0 Å². The number of thiophene rings is 1. The van der Waals surface area contributed by atoms with Crippen LogP contribution in [0.3, 0.4) is 0 Å². The number of nitrogens with one attached hydrogen (secondary N) is 2. The van der Waals surface area contributed by atoms with Crippen molar-refractivity contribution in [3.05, 3.63) is 17.0 Å². The zero-order valence-corrected chi connectivity index (χ0v) is 13.5. The maximum Gasteiger partial charge on any atom is 0.250 e. The van der Waals surface area contributed by atoms with Crippen molar-refractivity contribution in [1.82, 2.24) is 10.0 Å². The summed E-state index contributed by atoms with van der Waals surface area (Å²) in [6, 6.07) is 3.82. The Morgan fingerprint density at radius 3 is 2.90 bits per heavy atom. The zero-order chi connectivity index (χ0) is 14.6. The lowest BCUT2D eigenvalue weighted by molar-refractivity contribution is 0.0774. The molecular weight excluding hydrogens is 296 g/mol. The van der Waals surface area contributed by atoms with Gasteiger partial charge in [-0.3, -0.25) is 0 Å². The van der Waals surface area contributed by atoms with Gasteiger partial charge >= 0.3 is 0 Å². The van der Waals surface area contributed by atoms with Crippen molar-refractivity contribution < 1.29 is 13.2 Å². The topological polar surface area (TPSA) is 67.4 Å². The molecule has 1 aliphatic rings. The molecule has 0 spiro atoms. The summed E-state index contributed by atoms with van der Waals surface area (Å²) in [6.45, 7) is 6.02. The molecule has 1 fully saturated rings. The third-order valence-corrected chi connectivity index (χ3v) is 6.17. The molecule has 1 aromatic heterocycles. The second kappa shape index (κ2) is 7.00. The highest BCUT2D eigenvalue weighted by molar-refractivity contribution is 7.91. The first-order valence-corrected chi connectivity index (χ1v) is 9.19. The van der Waals surface area contributed by atoms with Crippen molar-refractivity contribution in [2.24, 2.45) is 0 Å². The van der Waals surface area contributed by atoms with Crippen LogP contribution in [0, 0.1) is 0 Å². The molecule has 5 nitrogen and oxygen atoms in total. The second-order valence-electron chi connectivity index (χ2n) is 5.29. The Morgan fingerprint density at radius 1 is 1.45 bits per heavy atom. The molecule has 114 valence electrons. The molecule has 1 unspecified atom stereocenters. The van der Waals surface area contributed by atoms with Gasteiger partial charge in [-0.15, -0.1) is 11.3 Å². The molecule has 1 aromatic rings. The quantitative estimate of drug-likeness (QED) is 0.838. The first-order valence-electron chi connectivity index (χ1n) is 6.89. The molecule has 1 atom stereocenters. The van der Waals surface area contributed by atoms with Crippen molar-refractivity contribution >= 4 is 21.4 Å². The molecule has 1 saturated heterocycles. The number of hydrogen-bond donors (Lipinski definition) is 2. The Kier molecular flexibility index (Phi) is 5.57. The molecule has 7 heteroatoms. The third kappa shape index (κ3) is 4.53. The van der Waals surface area contributed by atoms with E-state index in [0.29, 0.717) is 23.4 Å². The van der Waals surface area contributed by atoms with Crippen molar-refractivity contribution in [1.29, 1.82) is 0 Å². The summed E-state index contributed by atoms with van der Waals surface area (Å²) >= 11 is 1.32. The molecule has 0 bridgehead atoms. The van der Waals surface area contributed by atoms with Crippen molar-refractivity contribution in [2.75, 3.05) is 13.2 Å². The zero-order valence-electron chi connectivity index (χ0n) is 11.9. The van der Waals surface area contributed by atoms with Crippen LogP contribution in [0.15, 0.2) is 16.3 Å². The fourth-order valence-electron chi connectivity index (χ4n) is 2.01.